The second-order valence-electron chi connectivity index (χ2n) is 5.10. The molecule has 20 heavy (non-hydrogen) atoms. The van der Waals surface area contributed by atoms with Gasteiger partial charge in [-0.2, -0.15) is 0 Å². The first kappa shape index (κ1) is 13.0. The molecule has 100 valence electrons. The molecule has 2 aromatic rings. The Morgan fingerprint density at radius 3 is 2.60 bits per heavy atom. The van der Waals surface area contributed by atoms with Crippen molar-refractivity contribution in [3.63, 3.8) is 0 Å². The van der Waals surface area contributed by atoms with E-state index in [1.54, 1.807) is 0 Å². The minimum absolute atomic E-state index is 0.0237. The van der Waals surface area contributed by atoms with Crippen LogP contribution in [0.1, 0.15) is 29.0 Å². The molecule has 4 heteroatoms. The summed E-state index contributed by atoms with van der Waals surface area (Å²) in [5.74, 6) is 0.271. The first-order valence-corrected chi connectivity index (χ1v) is 7.03. The summed E-state index contributed by atoms with van der Waals surface area (Å²) < 4.78 is 0. The Morgan fingerprint density at radius 2 is 1.85 bits per heavy atom. The van der Waals surface area contributed by atoms with Gasteiger partial charge in [-0.25, -0.2) is 0 Å². The Labute approximate surface area is 122 Å². The van der Waals surface area contributed by atoms with E-state index < -0.39 is 0 Å². The summed E-state index contributed by atoms with van der Waals surface area (Å²) in [6, 6.07) is 16.4. The van der Waals surface area contributed by atoms with E-state index in [-0.39, 0.29) is 12.0 Å². The molecule has 2 atom stereocenters. The van der Waals surface area contributed by atoms with Crippen LogP contribution < -0.4 is 0 Å². The van der Waals surface area contributed by atoms with Crippen molar-refractivity contribution in [2.45, 2.75) is 24.8 Å². The van der Waals surface area contributed by atoms with Gasteiger partial charge in [0.1, 0.15) is 0 Å². The van der Waals surface area contributed by atoms with E-state index in [0.29, 0.717) is 0 Å². The topological polar surface area (TPSA) is 48.8 Å². The van der Waals surface area contributed by atoms with Gasteiger partial charge >= 0.3 is 0 Å². The lowest BCUT2D eigenvalue weighted by Crippen LogP contribution is -2.21. The summed E-state index contributed by atoms with van der Waals surface area (Å²) in [7, 11) is 0. The maximum atomic E-state index is 8.70. The smallest absolute Gasteiger partial charge is 0.0423 e. The quantitative estimate of drug-likeness (QED) is 0.418. The predicted molar refractivity (Wildman–Crippen MR) is 81.0 cm³/mol. The molecule has 0 aliphatic heterocycles. The van der Waals surface area contributed by atoms with Crippen LogP contribution in [-0.2, 0) is 6.42 Å². The fourth-order valence-electron chi connectivity index (χ4n) is 2.97. The lowest BCUT2D eigenvalue weighted by Gasteiger charge is -2.29. The number of halogens is 1. The highest BCUT2D eigenvalue weighted by molar-refractivity contribution is 6.30. The van der Waals surface area contributed by atoms with Crippen molar-refractivity contribution >= 4 is 11.6 Å². The number of nitrogens with zero attached hydrogens (tertiary/aromatic N) is 3. The molecule has 2 aromatic carbocycles. The molecule has 0 saturated carbocycles. The monoisotopic (exact) mass is 283 g/mol. The molecule has 1 aliphatic rings. The summed E-state index contributed by atoms with van der Waals surface area (Å²) in [5.41, 5.74) is 12.5. The molecule has 0 bridgehead atoms. The van der Waals surface area contributed by atoms with Crippen LogP contribution in [0.15, 0.2) is 53.6 Å². The maximum absolute atomic E-state index is 8.70. The second-order valence-corrected chi connectivity index (χ2v) is 5.54. The summed E-state index contributed by atoms with van der Waals surface area (Å²) in [4.78, 5) is 2.98. The number of benzene rings is 2. The van der Waals surface area contributed by atoms with Gasteiger partial charge in [-0.1, -0.05) is 53.1 Å². The van der Waals surface area contributed by atoms with Crippen molar-refractivity contribution < 1.29 is 0 Å². The third-order valence-electron chi connectivity index (χ3n) is 3.88. The standard InChI is InChI=1S/C16H14ClN3/c17-13-7-5-11(6-8-13)16-10-14(19-20-18)9-12-3-1-2-4-15(12)16/h1-8,14,16H,9-10H2/t14-,16-/m1/s1. The Balaban J connectivity index is 2.04. The van der Waals surface area contributed by atoms with Crippen LogP contribution in [0.5, 0.6) is 0 Å². The number of rotatable bonds is 2. The fraction of sp³-hybridized carbons (Fsp3) is 0.250. The van der Waals surface area contributed by atoms with Gasteiger partial charge in [-0.3, -0.25) is 0 Å². The molecule has 0 heterocycles. The molecule has 1 aliphatic carbocycles. The van der Waals surface area contributed by atoms with Crippen molar-refractivity contribution in [1.29, 1.82) is 0 Å². The van der Waals surface area contributed by atoms with Crippen LogP contribution in [0.3, 0.4) is 0 Å². The van der Waals surface area contributed by atoms with Gasteiger partial charge in [-0.05, 0) is 47.2 Å². The van der Waals surface area contributed by atoms with Crippen molar-refractivity contribution in [2.24, 2.45) is 5.11 Å². The molecule has 0 saturated heterocycles. The normalized spacial score (nSPS) is 20.9. The first-order chi connectivity index (χ1) is 9.78. The molecule has 3 nitrogen and oxygen atoms in total. The van der Waals surface area contributed by atoms with E-state index in [1.807, 2.05) is 18.2 Å². The van der Waals surface area contributed by atoms with Gasteiger partial charge in [0.25, 0.3) is 0 Å². The number of azide groups is 1. The third kappa shape index (κ3) is 2.51. The highest BCUT2D eigenvalue weighted by Gasteiger charge is 2.27. The molecular formula is C16H14ClN3. The molecule has 3 rings (SSSR count). The molecule has 0 spiro atoms. The predicted octanol–water partition coefficient (Wildman–Crippen LogP) is 5.10. The van der Waals surface area contributed by atoms with E-state index in [0.717, 1.165) is 17.9 Å². The van der Waals surface area contributed by atoms with Gasteiger partial charge in [0.15, 0.2) is 0 Å². The van der Waals surface area contributed by atoms with Crippen LogP contribution in [0.4, 0.5) is 0 Å². The Kier molecular flexibility index (Phi) is 3.64. The van der Waals surface area contributed by atoms with Crippen LogP contribution in [0.2, 0.25) is 5.02 Å². The highest BCUT2D eigenvalue weighted by Crippen LogP contribution is 2.38. The minimum Gasteiger partial charge on any atom is -0.0902 e. The van der Waals surface area contributed by atoms with Crippen molar-refractivity contribution in [3.05, 3.63) is 80.7 Å². The molecule has 0 amide bonds. The van der Waals surface area contributed by atoms with Gasteiger partial charge in [-0.15, -0.1) is 0 Å². The Bertz CT molecular complexity index is 660. The maximum Gasteiger partial charge on any atom is 0.0423 e. The Morgan fingerprint density at radius 1 is 1.10 bits per heavy atom. The van der Waals surface area contributed by atoms with Crippen molar-refractivity contribution in [1.82, 2.24) is 0 Å². The lowest BCUT2D eigenvalue weighted by molar-refractivity contribution is 0.529. The summed E-state index contributed by atoms with van der Waals surface area (Å²) in [5, 5.41) is 4.67. The minimum atomic E-state index is 0.0237. The molecule has 0 aromatic heterocycles. The average molecular weight is 284 g/mol. The molecular weight excluding hydrogens is 270 g/mol. The molecule has 0 fully saturated rings. The van der Waals surface area contributed by atoms with Crippen LogP contribution in [-0.4, -0.2) is 6.04 Å². The zero-order chi connectivity index (χ0) is 13.9. The summed E-state index contributed by atoms with van der Waals surface area (Å²) >= 11 is 5.96. The van der Waals surface area contributed by atoms with E-state index >= 15 is 0 Å². The zero-order valence-electron chi connectivity index (χ0n) is 10.9. The summed E-state index contributed by atoms with van der Waals surface area (Å²) in [6.07, 6.45) is 1.67. The van der Waals surface area contributed by atoms with E-state index in [4.69, 9.17) is 17.1 Å². The van der Waals surface area contributed by atoms with E-state index in [2.05, 4.69) is 40.4 Å². The van der Waals surface area contributed by atoms with Gasteiger partial charge < -0.3 is 0 Å². The van der Waals surface area contributed by atoms with Gasteiger partial charge in [0.05, 0.1) is 0 Å². The van der Waals surface area contributed by atoms with Gasteiger partial charge in [0.2, 0.25) is 0 Å². The second kappa shape index (κ2) is 5.58. The van der Waals surface area contributed by atoms with E-state index in [9.17, 15) is 0 Å². The van der Waals surface area contributed by atoms with Crippen molar-refractivity contribution in [3.8, 4) is 0 Å². The lowest BCUT2D eigenvalue weighted by atomic mass is 9.77. The summed E-state index contributed by atoms with van der Waals surface area (Å²) in [6.45, 7) is 0. The van der Waals surface area contributed by atoms with E-state index in [1.165, 1.54) is 16.7 Å². The number of fused-ring (bicyclic) bond motifs is 1. The van der Waals surface area contributed by atoms with Crippen LogP contribution in [0.25, 0.3) is 10.4 Å². The van der Waals surface area contributed by atoms with Crippen LogP contribution >= 0.6 is 11.6 Å². The third-order valence-corrected chi connectivity index (χ3v) is 4.13. The SMILES string of the molecule is [N-]=[N+]=N[C@@H]1Cc2ccccc2[C@@H](c2ccc(Cl)cc2)C1. The highest BCUT2D eigenvalue weighted by atomic mass is 35.5. The van der Waals surface area contributed by atoms with Crippen molar-refractivity contribution in [2.75, 3.05) is 0 Å². The van der Waals surface area contributed by atoms with Gasteiger partial charge in [0, 0.05) is 21.9 Å². The number of hydrogen-bond acceptors (Lipinski definition) is 1. The zero-order valence-corrected chi connectivity index (χ0v) is 11.7. The molecule has 0 radical (unpaired) electrons. The number of hydrogen-bond donors (Lipinski definition) is 0. The van der Waals surface area contributed by atoms with Crippen LogP contribution in [0, 0.1) is 0 Å². The Hall–Kier alpha value is -1.96. The average Bonchev–Trinajstić information content (AvgIpc) is 2.48. The largest absolute Gasteiger partial charge is 0.0902 e. The molecule has 0 unspecified atom stereocenters. The molecule has 0 N–H and O–H groups in total. The fourth-order valence-corrected chi connectivity index (χ4v) is 3.09. The first-order valence-electron chi connectivity index (χ1n) is 6.65.